The van der Waals surface area contributed by atoms with Crippen molar-refractivity contribution in [2.45, 2.75) is 0 Å². The van der Waals surface area contributed by atoms with E-state index < -0.39 is 5.97 Å². The van der Waals surface area contributed by atoms with E-state index in [1.54, 1.807) is 11.3 Å². The van der Waals surface area contributed by atoms with Gasteiger partial charge >= 0.3 is 5.97 Å². The molecule has 3 aromatic carbocycles. The third kappa shape index (κ3) is 5.96. The van der Waals surface area contributed by atoms with Crippen molar-refractivity contribution in [1.82, 2.24) is 4.98 Å². The molecule has 0 saturated heterocycles. The molecule has 170 valence electrons. The largest absolute Gasteiger partial charge is 0.490 e. The number of aromatic nitrogens is 1. The topological polar surface area (TPSA) is 66.9 Å². The van der Waals surface area contributed by atoms with Gasteiger partial charge in [-0.15, -0.1) is 11.3 Å². The zero-order valence-electron chi connectivity index (χ0n) is 18.2. The fourth-order valence-corrected chi connectivity index (χ4v) is 4.33. The Hall–Kier alpha value is -3.26. The Morgan fingerprint density at radius 3 is 2.42 bits per heavy atom. The van der Waals surface area contributed by atoms with E-state index in [4.69, 9.17) is 23.9 Å². The van der Waals surface area contributed by atoms with Crippen LogP contribution in [0.25, 0.3) is 31.6 Å². The molecule has 4 aromatic rings. The van der Waals surface area contributed by atoms with Gasteiger partial charge in [0.05, 0.1) is 42.2 Å². The number of hydrogen-bond donors (Lipinski definition) is 0. The van der Waals surface area contributed by atoms with Crippen LogP contribution < -0.4 is 4.74 Å². The van der Waals surface area contributed by atoms with E-state index in [1.165, 1.54) is 0 Å². The predicted molar refractivity (Wildman–Crippen MR) is 131 cm³/mol. The standard InChI is InChI=1S/C26H25NO5S/c1-2-24(28)31-17-15-29-13-14-30-16-18-32-25-20-8-4-3-7-19(20)11-12-21(25)26-27-22-9-5-6-10-23(22)33-26/h2-12H,1,13-18H2. The van der Waals surface area contributed by atoms with Gasteiger partial charge in [0.15, 0.2) is 0 Å². The lowest BCUT2D eigenvalue weighted by molar-refractivity contribution is -0.139. The lowest BCUT2D eigenvalue weighted by Gasteiger charge is -2.13. The molecule has 1 heterocycles. The second kappa shape index (κ2) is 11.6. The molecule has 7 heteroatoms. The van der Waals surface area contributed by atoms with Crippen molar-refractivity contribution >= 4 is 38.3 Å². The van der Waals surface area contributed by atoms with Crippen molar-refractivity contribution in [3.63, 3.8) is 0 Å². The van der Waals surface area contributed by atoms with E-state index in [0.29, 0.717) is 33.0 Å². The van der Waals surface area contributed by atoms with Crippen LogP contribution in [0, 0.1) is 0 Å². The molecule has 0 spiro atoms. The molecule has 0 N–H and O–H groups in total. The second-order valence-electron chi connectivity index (χ2n) is 7.09. The van der Waals surface area contributed by atoms with Gasteiger partial charge in [-0.25, -0.2) is 9.78 Å². The maximum atomic E-state index is 10.9. The fourth-order valence-electron chi connectivity index (χ4n) is 3.34. The Morgan fingerprint density at radius 2 is 1.61 bits per heavy atom. The third-order valence-corrected chi connectivity index (χ3v) is 5.96. The number of nitrogens with zero attached hydrogens (tertiary/aromatic N) is 1. The molecule has 0 radical (unpaired) electrons. The molecule has 33 heavy (non-hydrogen) atoms. The lowest BCUT2D eigenvalue weighted by Crippen LogP contribution is -2.14. The maximum absolute atomic E-state index is 10.9. The zero-order valence-corrected chi connectivity index (χ0v) is 19.0. The summed E-state index contributed by atoms with van der Waals surface area (Å²) in [5, 5.41) is 3.10. The lowest BCUT2D eigenvalue weighted by atomic mass is 10.1. The molecule has 0 aliphatic rings. The SMILES string of the molecule is C=CC(=O)OCCOCCOCCOc1c(-c2nc3ccccc3s2)ccc2ccccc12. The first-order chi connectivity index (χ1) is 16.3. The summed E-state index contributed by atoms with van der Waals surface area (Å²) in [5.74, 6) is 0.363. The minimum atomic E-state index is -0.453. The molecule has 1 aromatic heterocycles. The fraction of sp³-hybridized carbons (Fsp3) is 0.231. The molecular formula is C26H25NO5S. The van der Waals surface area contributed by atoms with Crippen LogP contribution in [0.2, 0.25) is 0 Å². The summed E-state index contributed by atoms with van der Waals surface area (Å²) in [5.41, 5.74) is 1.96. The van der Waals surface area contributed by atoms with Crippen LogP contribution in [-0.4, -0.2) is 50.6 Å². The second-order valence-corrected chi connectivity index (χ2v) is 8.13. The Labute approximate surface area is 196 Å². The van der Waals surface area contributed by atoms with E-state index >= 15 is 0 Å². The minimum absolute atomic E-state index is 0.198. The Bertz CT molecular complexity index is 1200. The maximum Gasteiger partial charge on any atom is 0.330 e. The van der Waals surface area contributed by atoms with E-state index in [9.17, 15) is 4.79 Å². The molecule has 0 unspecified atom stereocenters. The smallest absolute Gasteiger partial charge is 0.330 e. The molecule has 0 amide bonds. The summed E-state index contributed by atoms with van der Waals surface area (Å²) in [6.07, 6.45) is 1.13. The van der Waals surface area contributed by atoms with Crippen LogP contribution in [0.1, 0.15) is 0 Å². The Balaban J connectivity index is 1.34. The highest BCUT2D eigenvalue weighted by molar-refractivity contribution is 7.21. The minimum Gasteiger partial charge on any atom is -0.490 e. The highest BCUT2D eigenvalue weighted by Gasteiger charge is 2.15. The number of fused-ring (bicyclic) bond motifs is 2. The number of para-hydroxylation sites is 1. The molecule has 0 atom stereocenters. The number of rotatable bonds is 12. The van der Waals surface area contributed by atoms with Gasteiger partial charge in [-0.05, 0) is 23.6 Å². The number of ether oxygens (including phenoxy) is 4. The molecular weight excluding hydrogens is 438 g/mol. The molecule has 0 aliphatic heterocycles. The number of thiazole rings is 1. The van der Waals surface area contributed by atoms with E-state index in [-0.39, 0.29) is 6.61 Å². The van der Waals surface area contributed by atoms with Crippen molar-refractivity contribution in [3.05, 3.63) is 73.3 Å². The summed E-state index contributed by atoms with van der Waals surface area (Å²) in [7, 11) is 0. The normalized spacial score (nSPS) is 11.0. The summed E-state index contributed by atoms with van der Waals surface area (Å²) in [6, 6.07) is 20.5. The highest BCUT2D eigenvalue weighted by Crippen LogP contribution is 2.40. The monoisotopic (exact) mass is 463 g/mol. The number of benzene rings is 3. The predicted octanol–water partition coefficient (Wildman–Crippen LogP) is 5.26. The first kappa shape index (κ1) is 22.9. The summed E-state index contributed by atoms with van der Waals surface area (Å²) in [6.45, 7) is 5.53. The van der Waals surface area contributed by atoms with Crippen molar-refractivity contribution in [1.29, 1.82) is 0 Å². The van der Waals surface area contributed by atoms with Gasteiger partial charge in [-0.3, -0.25) is 0 Å². The number of hydrogen-bond acceptors (Lipinski definition) is 7. The number of carbonyl (C=O) groups is 1. The molecule has 0 saturated carbocycles. The van der Waals surface area contributed by atoms with Crippen molar-refractivity contribution in [2.75, 3.05) is 39.6 Å². The van der Waals surface area contributed by atoms with E-state index in [2.05, 4.69) is 36.9 Å². The molecule has 6 nitrogen and oxygen atoms in total. The van der Waals surface area contributed by atoms with Gasteiger partial charge in [-0.2, -0.15) is 0 Å². The summed E-state index contributed by atoms with van der Waals surface area (Å²) < 4.78 is 23.2. The van der Waals surface area contributed by atoms with Gasteiger partial charge in [0, 0.05) is 11.5 Å². The highest BCUT2D eigenvalue weighted by atomic mass is 32.1. The number of carbonyl (C=O) groups excluding carboxylic acids is 1. The van der Waals surface area contributed by atoms with Crippen molar-refractivity contribution < 1.29 is 23.7 Å². The van der Waals surface area contributed by atoms with Gasteiger partial charge in [-0.1, -0.05) is 49.0 Å². The van der Waals surface area contributed by atoms with E-state index in [0.717, 1.165) is 43.4 Å². The Morgan fingerprint density at radius 1 is 0.879 bits per heavy atom. The third-order valence-electron chi connectivity index (χ3n) is 4.89. The average molecular weight is 464 g/mol. The zero-order chi connectivity index (χ0) is 22.9. The first-order valence-corrected chi connectivity index (χ1v) is 11.5. The van der Waals surface area contributed by atoms with Gasteiger partial charge in [0.1, 0.15) is 24.0 Å². The molecule has 0 fully saturated rings. The molecule has 0 bridgehead atoms. The summed E-state index contributed by atoms with van der Waals surface area (Å²) in [4.78, 5) is 15.8. The number of esters is 1. The van der Waals surface area contributed by atoms with Gasteiger partial charge in [0.2, 0.25) is 0 Å². The van der Waals surface area contributed by atoms with Crippen LogP contribution in [0.5, 0.6) is 5.75 Å². The first-order valence-electron chi connectivity index (χ1n) is 10.7. The van der Waals surface area contributed by atoms with Gasteiger partial charge < -0.3 is 18.9 Å². The Kier molecular flexibility index (Phi) is 8.03. The van der Waals surface area contributed by atoms with Gasteiger partial charge in [0.25, 0.3) is 0 Å². The van der Waals surface area contributed by atoms with Crippen molar-refractivity contribution in [2.24, 2.45) is 0 Å². The van der Waals surface area contributed by atoms with Crippen LogP contribution in [0.4, 0.5) is 0 Å². The van der Waals surface area contributed by atoms with Crippen LogP contribution in [0.3, 0.4) is 0 Å². The summed E-state index contributed by atoms with van der Waals surface area (Å²) >= 11 is 1.66. The van der Waals surface area contributed by atoms with Crippen LogP contribution in [0.15, 0.2) is 73.3 Å². The molecule has 4 rings (SSSR count). The molecule has 0 aliphatic carbocycles. The quantitative estimate of drug-likeness (QED) is 0.162. The van der Waals surface area contributed by atoms with Crippen LogP contribution in [-0.2, 0) is 19.0 Å². The van der Waals surface area contributed by atoms with Crippen LogP contribution >= 0.6 is 11.3 Å². The van der Waals surface area contributed by atoms with E-state index in [1.807, 2.05) is 30.3 Å². The van der Waals surface area contributed by atoms with Crippen molar-refractivity contribution in [3.8, 4) is 16.3 Å². The average Bonchev–Trinajstić information content (AvgIpc) is 3.29.